The minimum atomic E-state index is -0.724. The van der Waals surface area contributed by atoms with Crippen molar-refractivity contribution in [1.82, 2.24) is 19.5 Å². The Morgan fingerprint density at radius 2 is 1.88 bits per heavy atom. The number of aromatic nitrogens is 3. The van der Waals surface area contributed by atoms with E-state index in [1.165, 1.54) is 6.07 Å². The van der Waals surface area contributed by atoms with E-state index in [1.807, 2.05) is 17.5 Å². The first-order valence-corrected chi connectivity index (χ1v) is 13.6. The highest BCUT2D eigenvalue weighted by molar-refractivity contribution is 7.85. The highest BCUT2D eigenvalue weighted by Gasteiger charge is 2.24. The zero-order chi connectivity index (χ0) is 23.7. The van der Waals surface area contributed by atoms with E-state index < -0.39 is 10.8 Å². The van der Waals surface area contributed by atoms with Crippen LogP contribution in [-0.2, 0) is 34.9 Å². The van der Waals surface area contributed by atoms with E-state index in [-0.39, 0.29) is 5.82 Å². The number of hydrogen-bond donors (Lipinski definition) is 0. The molecule has 0 spiro atoms. The molecule has 4 heterocycles. The van der Waals surface area contributed by atoms with Crippen molar-refractivity contribution in [3.05, 3.63) is 58.2 Å². The highest BCUT2D eigenvalue weighted by Crippen LogP contribution is 2.26. The topological polar surface area (TPSA) is 63.0 Å². The van der Waals surface area contributed by atoms with Crippen LogP contribution in [0.1, 0.15) is 35.0 Å². The molecule has 3 aromatic rings. The van der Waals surface area contributed by atoms with Crippen molar-refractivity contribution in [1.29, 1.82) is 0 Å². The van der Waals surface area contributed by atoms with Crippen LogP contribution in [0, 0.1) is 12.7 Å². The summed E-state index contributed by atoms with van der Waals surface area (Å²) in [6, 6.07) is 7.41. The van der Waals surface area contributed by atoms with Crippen LogP contribution in [0.5, 0.6) is 0 Å². The second-order valence-corrected chi connectivity index (χ2v) is 10.7. The van der Waals surface area contributed by atoms with Crippen molar-refractivity contribution in [2.24, 2.45) is 0 Å². The fourth-order valence-corrected chi connectivity index (χ4v) is 5.87. The molecule has 2 aromatic heterocycles. The minimum absolute atomic E-state index is 0.192. The van der Waals surface area contributed by atoms with Crippen molar-refractivity contribution >= 4 is 22.3 Å². The van der Waals surface area contributed by atoms with Gasteiger partial charge in [-0.3, -0.25) is 9.11 Å². The summed E-state index contributed by atoms with van der Waals surface area (Å²) < 4.78 is 33.7. The third-order valence-electron chi connectivity index (χ3n) is 6.92. The molecule has 2 saturated heterocycles. The molecular weight excluding hydrogens is 453 g/mol. The van der Waals surface area contributed by atoms with Gasteiger partial charge in [-0.25, -0.2) is 13.9 Å². The van der Waals surface area contributed by atoms with Gasteiger partial charge in [0.2, 0.25) is 0 Å². The van der Waals surface area contributed by atoms with Gasteiger partial charge < -0.3 is 9.64 Å². The third kappa shape index (κ3) is 4.74. The number of halogens is 1. The lowest BCUT2D eigenvalue weighted by Crippen LogP contribution is -2.37. The van der Waals surface area contributed by atoms with Gasteiger partial charge in [-0.1, -0.05) is 19.1 Å². The molecule has 0 bridgehead atoms. The fraction of sp³-hybridized carbons (Fsp3) is 0.520. The molecule has 34 heavy (non-hydrogen) atoms. The van der Waals surface area contributed by atoms with Gasteiger partial charge in [-0.15, -0.1) is 5.10 Å². The van der Waals surface area contributed by atoms with Gasteiger partial charge in [0.25, 0.3) is 0 Å². The molecule has 1 aromatic carbocycles. The molecule has 0 amide bonds. The van der Waals surface area contributed by atoms with E-state index in [1.54, 1.807) is 6.07 Å². The second kappa shape index (κ2) is 10.1. The average Bonchev–Trinajstić information content (AvgIpc) is 3.20. The maximum absolute atomic E-state index is 14.4. The summed E-state index contributed by atoms with van der Waals surface area (Å²) in [7, 11) is -0.724. The Balaban J connectivity index is 1.60. The molecule has 7 nitrogen and oxygen atoms in total. The first kappa shape index (κ1) is 23.4. The van der Waals surface area contributed by atoms with E-state index in [0.29, 0.717) is 43.2 Å². The molecule has 2 fully saturated rings. The molecule has 2 aliphatic heterocycles. The zero-order valence-electron chi connectivity index (χ0n) is 19.9. The van der Waals surface area contributed by atoms with Gasteiger partial charge in [0.15, 0.2) is 5.65 Å². The lowest BCUT2D eigenvalue weighted by Gasteiger charge is -2.28. The number of anilines is 1. The Hall–Kier alpha value is -2.36. The third-order valence-corrected chi connectivity index (χ3v) is 8.20. The number of fused-ring (bicyclic) bond motifs is 1. The lowest BCUT2D eigenvalue weighted by atomic mass is 10.0. The second-order valence-electron chi connectivity index (χ2n) is 9.05. The number of aryl methyl sites for hydroxylation is 1. The number of morpholine rings is 1. The van der Waals surface area contributed by atoms with Crippen molar-refractivity contribution in [2.45, 2.75) is 33.2 Å². The molecule has 0 N–H and O–H groups in total. The number of rotatable bonds is 6. The molecule has 0 aliphatic carbocycles. The maximum Gasteiger partial charge on any atom is 0.157 e. The molecule has 5 rings (SSSR count). The Morgan fingerprint density at radius 1 is 1.12 bits per heavy atom. The Bertz CT molecular complexity index is 1200. The van der Waals surface area contributed by atoms with Gasteiger partial charge >= 0.3 is 0 Å². The minimum Gasteiger partial charge on any atom is -0.378 e. The summed E-state index contributed by atoms with van der Waals surface area (Å²) in [4.78, 5) is 9.66. The van der Waals surface area contributed by atoms with Crippen molar-refractivity contribution in [2.75, 3.05) is 55.8 Å². The Labute approximate surface area is 202 Å². The van der Waals surface area contributed by atoms with Gasteiger partial charge in [0.1, 0.15) is 11.6 Å². The number of hydrogen-bond acceptors (Lipinski definition) is 6. The van der Waals surface area contributed by atoms with Crippen LogP contribution in [0.3, 0.4) is 0 Å². The first-order valence-electron chi connectivity index (χ1n) is 12.1. The number of nitrogens with zero attached hydrogens (tertiary/aromatic N) is 5. The smallest absolute Gasteiger partial charge is 0.157 e. The molecule has 9 heteroatoms. The summed E-state index contributed by atoms with van der Waals surface area (Å²) in [5, 5.41) is 5.05. The summed E-state index contributed by atoms with van der Waals surface area (Å²) in [5.41, 5.74) is 5.60. The van der Waals surface area contributed by atoms with E-state index in [0.717, 1.165) is 66.6 Å². The normalized spacial score (nSPS) is 18.1. The number of benzene rings is 1. The SMILES string of the molecule is CCc1cc(N2CCOCC2)nn2c(Cc3cccc(F)c3C)c(CN3CCS(=O)CC3)nc12. The van der Waals surface area contributed by atoms with Crippen LogP contribution < -0.4 is 4.90 Å². The maximum atomic E-state index is 14.4. The summed E-state index contributed by atoms with van der Waals surface area (Å²) in [6.45, 7) is 9.27. The standard InChI is InChI=1S/C25H32FN5O2S/c1-3-19-16-24(30-7-11-33-12-8-30)28-31-23(15-20-5-4-6-21(26)18(20)2)22(27-25(19)31)17-29-9-13-34(32)14-10-29/h4-6,16H,3,7-15,17H2,1-2H3. The molecular formula is C25H32FN5O2S. The molecule has 0 unspecified atom stereocenters. The monoisotopic (exact) mass is 485 g/mol. The Kier molecular flexibility index (Phi) is 6.94. The van der Waals surface area contributed by atoms with E-state index in [9.17, 15) is 8.60 Å². The van der Waals surface area contributed by atoms with Gasteiger partial charge in [0, 0.05) is 67.0 Å². The fourth-order valence-electron chi connectivity index (χ4n) is 4.74. The predicted molar refractivity (Wildman–Crippen MR) is 132 cm³/mol. The van der Waals surface area contributed by atoms with Crippen LogP contribution in [0.25, 0.3) is 5.65 Å². The first-order chi connectivity index (χ1) is 16.5. The average molecular weight is 486 g/mol. The molecule has 2 aliphatic rings. The molecule has 182 valence electrons. The number of ether oxygens (including phenoxy) is 1. The summed E-state index contributed by atoms with van der Waals surface area (Å²) in [6.07, 6.45) is 1.41. The van der Waals surface area contributed by atoms with Crippen LogP contribution in [0.2, 0.25) is 0 Å². The van der Waals surface area contributed by atoms with Crippen LogP contribution in [0.15, 0.2) is 24.3 Å². The quantitative estimate of drug-likeness (QED) is 0.535. The molecule has 0 radical (unpaired) electrons. The van der Waals surface area contributed by atoms with E-state index >= 15 is 0 Å². The summed E-state index contributed by atoms with van der Waals surface area (Å²) >= 11 is 0. The predicted octanol–water partition coefficient (Wildman–Crippen LogP) is 2.73. The van der Waals surface area contributed by atoms with Crippen LogP contribution >= 0.6 is 0 Å². The highest BCUT2D eigenvalue weighted by atomic mass is 32.2. The molecule has 0 saturated carbocycles. The van der Waals surface area contributed by atoms with Gasteiger partial charge in [-0.2, -0.15) is 0 Å². The van der Waals surface area contributed by atoms with Gasteiger partial charge in [0.05, 0.1) is 24.6 Å². The van der Waals surface area contributed by atoms with Gasteiger partial charge in [-0.05, 0) is 36.6 Å². The van der Waals surface area contributed by atoms with Crippen molar-refractivity contribution < 1.29 is 13.3 Å². The summed E-state index contributed by atoms with van der Waals surface area (Å²) in [5.74, 6) is 2.14. The van der Waals surface area contributed by atoms with Crippen LogP contribution in [-0.4, -0.2) is 74.6 Å². The van der Waals surface area contributed by atoms with Crippen molar-refractivity contribution in [3.63, 3.8) is 0 Å². The van der Waals surface area contributed by atoms with Crippen molar-refractivity contribution in [3.8, 4) is 0 Å². The van der Waals surface area contributed by atoms with E-state index in [4.69, 9.17) is 14.8 Å². The Morgan fingerprint density at radius 3 is 2.62 bits per heavy atom. The number of imidazole rings is 1. The lowest BCUT2D eigenvalue weighted by molar-refractivity contribution is 0.122. The van der Waals surface area contributed by atoms with E-state index in [2.05, 4.69) is 22.8 Å². The van der Waals surface area contributed by atoms with Crippen LogP contribution in [0.4, 0.5) is 10.2 Å². The zero-order valence-corrected chi connectivity index (χ0v) is 20.7. The largest absolute Gasteiger partial charge is 0.378 e. The molecule has 0 atom stereocenters.